The van der Waals surface area contributed by atoms with E-state index in [2.05, 4.69) is 16.5 Å². The third-order valence-electron chi connectivity index (χ3n) is 3.09. The van der Waals surface area contributed by atoms with Crippen molar-refractivity contribution in [1.29, 1.82) is 0 Å². The molecule has 0 atom stereocenters. The summed E-state index contributed by atoms with van der Waals surface area (Å²) in [6, 6.07) is 13.5. The average molecular weight is 291 g/mol. The van der Waals surface area contributed by atoms with Gasteiger partial charge in [0.2, 0.25) is 0 Å². The minimum absolute atomic E-state index is 0.713. The van der Waals surface area contributed by atoms with E-state index in [9.17, 15) is 0 Å². The zero-order valence-corrected chi connectivity index (χ0v) is 11.9. The third-order valence-corrected chi connectivity index (χ3v) is 3.57. The number of halogens is 2. The van der Waals surface area contributed by atoms with Crippen LogP contribution in [0.2, 0.25) is 10.0 Å². The molecule has 0 bridgehead atoms. The maximum Gasteiger partial charge on any atom is 0.114 e. The van der Waals surface area contributed by atoms with Gasteiger partial charge in [0.1, 0.15) is 5.82 Å². The molecule has 4 heteroatoms. The van der Waals surface area contributed by atoms with Gasteiger partial charge < -0.3 is 0 Å². The first kappa shape index (κ1) is 12.5. The van der Waals surface area contributed by atoms with Crippen molar-refractivity contribution in [1.82, 2.24) is 9.55 Å². The second kappa shape index (κ2) is 4.87. The fourth-order valence-electron chi connectivity index (χ4n) is 2.21. The Kier molecular flexibility index (Phi) is 3.21. The molecule has 0 aliphatic carbocycles. The Morgan fingerprint density at radius 2 is 1.68 bits per heavy atom. The monoisotopic (exact) mass is 290 g/mol. The first-order valence-corrected chi connectivity index (χ1v) is 6.87. The van der Waals surface area contributed by atoms with Crippen LogP contribution in [0, 0.1) is 0 Å². The second-order valence-electron chi connectivity index (χ2n) is 4.33. The second-order valence-corrected chi connectivity index (χ2v) is 5.20. The van der Waals surface area contributed by atoms with Crippen LogP contribution in [0.3, 0.4) is 0 Å². The Morgan fingerprint density at radius 3 is 2.37 bits per heavy atom. The highest BCUT2D eigenvalue weighted by Gasteiger charge is 2.11. The first-order chi connectivity index (χ1) is 9.19. The molecule has 0 spiro atoms. The number of nitrogens with zero attached hydrogens (tertiary/aromatic N) is 2. The molecule has 96 valence electrons. The summed E-state index contributed by atoms with van der Waals surface area (Å²) in [5.74, 6) is 1.01. The highest BCUT2D eigenvalue weighted by Crippen LogP contribution is 2.25. The molecular formula is C15H12Cl2N2. The molecule has 1 aromatic heterocycles. The lowest BCUT2D eigenvalue weighted by Gasteiger charge is -2.08. The molecule has 1 heterocycles. The summed E-state index contributed by atoms with van der Waals surface area (Å²) in [5.41, 5.74) is 3.02. The molecule has 3 aromatic rings. The van der Waals surface area contributed by atoms with Crippen LogP contribution in [-0.4, -0.2) is 9.55 Å². The number of imidazole rings is 1. The van der Waals surface area contributed by atoms with E-state index in [1.54, 1.807) is 0 Å². The van der Waals surface area contributed by atoms with E-state index < -0.39 is 0 Å². The van der Waals surface area contributed by atoms with Gasteiger partial charge in [-0.05, 0) is 42.5 Å². The maximum absolute atomic E-state index is 6.09. The lowest BCUT2D eigenvalue weighted by Crippen LogP contribution is -1.99. The van der Waals surface area contributed by atoms with Gasteiger partial charge in [-0.3, -0.25) is 4.57 Å². The van der Waals surface area contributed by atoms with Crippen molar-refractivity contribution in [3.05, 3.63) is 58.3 Å². The summed E-state index contributed by atoms with van der Waals surface area (Å²) in [5, 5.41) is 1.44. The molecule has 0 fully saturated rings. The van der Waals surface area contributed by atoms with Crippen LogP contribution in [0.1, 0.15) is 12.7 Å². The number of hydrogen-bond acceptors (Lipinski definition) is 1. The molecule has 19 heavy (non-hydrogen) atoms. The molecule has 0 aliphatic rings. The zero-order valence-electron chi connectivity index (χ0n) is 10.4. The lowest BCUT2D eigenvalue weighted by atomic mass is 10.2. The van der Waals surface area contributed by atoms with E-state index in [0.29, 0.717) is 5.02 Å². The predicted octanol–water partition coefficient (Wildman–Crippen LogP) is 4.89. The number of aromatic nitrogens is 2. The molecule has 0 saturated carbocycles. The molecule has 3 rings (SSSR count). The van der Waals surface area contributed by atoms with Gasteiger partial charge >= 0.3 is 0 Å². The summed E-state index contributed by atoms with van der Waals surface area (Å²) in [4.78, 5) is 4.64. The number of hydrogen-bond donors (Lipinski definition) is 0. The summed E-state index contributed by atoms with van der Waals surface area (Å²) >= 11 is 12.0. The Bertz CT molecular complexity index is 730. The van der Waals surface area contributed by atoms with Crippen molar-refractivity contribution in [3.8, 4) is 5.69 Å². The fraction of sp³-hybridized carbons (Fsp3) is 0.133. The maximum atomic E-state index is 6.09. The minimum atomic E-state index is 0.713. The lowest BCUT2D eigenvalue weighted by molar-refractivity contribution is 0.908. The molecule has 0 amide bonds. The highest BCUT2D eigenvalue weighted by molar-refractivity contribution is 6.31. The van der Waals surface area contributed by atoms with Crippen LogP contribution in [0.5, 0.6) is 0 Å². The number of aryl methyl sites for hydroxylation is 1. The van der Waals surface area contributed by atoms with Gasteiger partial charge in [0.25, 0.3) is 0 Å². The van der Waals surface area contributed by atoms with Crippen molar-refractivity contribution < 1.29 is 0 Å². The van der Waals surface area contributed by atoms with Crippen LogP contribution in [0.25, 0.3) is 16.7 Å². The van der Waals surface area contributed by atoms with Crippen LogP contribution in [0.4, 0.5) is 0 Å². The highest BCUT2D eigenvalue weighted by atomic mass is 35.5. The Hall–Kier alpha value is -1.51. The van der Waals surface area contributed by atoms with Crippen molar-refractivity contribution in [2.75, 3.05) is 0 Å². The van der Waals surface area contributed by atoms with Gasteiger partial charge in [0, 0.05) is 22.2 Å². The standard InChI is InChI=1S/C15H12Cl2N2/c1-2-15-18-13-8-5-11(17)9-14(13)19(15)12-6-3-10(16)4-7-12/h3-9H,2H2,1H3. The summed E-state index contributed by atoms with van der Waals surface area (Å²) < 4.78 is 2.12. The summed E-state index contributed by atoms with van der Waals surface area (Å²) in [6.45, 7) is 2.09. The van der Waals surface area contributed by atoms with E-state index in [-0.39, 0.29) is 0 Å². The van der Waals surface area contributed by atoms with Gasteiger partial charge in [-0.25, -0.2) is 4.98 Å². The Balaban J connectivity index is 2.31. The van der Waals surface area contributed by atoms with Crippen molar-refractivity contribution in [2.45, 2.75) is 13.3 Å². The van der Waals surface area contributed by atoms with Gasteiger partial charge in [0.15, 0.2) is 0 Å². The summed E-state index contributed by atoms with van der Waals surface area (Å²) in [7, 11) is 0. The van der Waals surface area contributed by atoms with Gasteiger partial charge in [-0.15, -0.1) is 0 Å². The van der Waals surface area contributed by atoms with Crippen LogP contribution in [-0.2, 0) is 6.42 Å². The topological polar surface area (TPSA) is 17.8 Å². The van der Waals surface area contributed by atoms with Gasteiger partial charge in [0.05, 0.1) is 11.0 Å². The fourth-order valence-corrected chi connectivity index (χ4v) is 2.51. The van der Waals surface area contributed by atoms with Crippen LogP contribution in [0.15, 0.2) is 42.5 Å². The Labute approximate surface area is 121 Å². The quantitative estimate of drug-likeness (QED) is 0.657. The normalized spacial score (nSPS) is 11.1. The number of benzene rings is 2. The molecular weight excluding hydrogens is 279 g/mol. The van der Waals surface area contributed by atoms with E-state index in [1.807, 2.05) is 42.5 Å². The average Bonchev–Trinajstić information content (AvgIpc) is 2.77. The Morgan fingerprint density at radius 1 is 1.00 bits per heavy atom. The van der Waals surface area contributed by atoms with Crippen molar-refractivity contribution >= 4 is 34.2 Å². The SMILES string of the molecule is CCc1nc2ccc(Cl)cc2n1-c1ccc(Cl)cc1. The molecule has 0 saturated heterocycles. The van der Waals surface area contributed by atoms with E-state index in [0.717, 1.165) is 34.0 Å². The minimum Gasteiger partial charge on any atom is -0.296 e. The van der Waals surface area contributed by atoms with E-state index in [4.69, 9.17) is 23.2 Å². The number of rotatable bonds is 2. The smallest absolute Gasteiger partial charge is 0.114 e. The van der Waals surface area contributed by atoms with E-state index >= 15 is 0 Å². The van der Waals surface area contributed by atoms with Gasteiger partial charge in [-0.2, -0.15) is 0 Å². The first-order valence-electron chi connectivity index (χ1n) is 6.12. The summed E-state index contributed by atoms with van der Waals surface area (Å²) in [6.07, 6.45) is 0.856. The van der Waals surface area contributed by atoms with E-state index in [1.165, 1.54) is 0 Å². The number of fused-ring (bicyclic) bond motifs is 1. The third kappa shape index (κ3) is 2.22. The van der Waals surface area contributed by atoms with Crippen molar-refractivity contribution in [2.24, 2.45) is 0 Å². The van der Waals surface area contributed by atoms with Crippen molar-refractivity contribution in [3.63, 3.8) is 0 Å². The molecule has 0 unspecified atom stereocenters. The molecule has 2 aromatic carbocycles. The molecule has 2 nitrogen and oxygen atoms in total. The van der Waals surface area contributed by atoms with Gasteiger partial charge in [-0.1, -0.05) is 30.1 Å². The zero-order chi connectivity index (χ0) is 13.4. The largest absolute Gasteiger partial charge is 0.296 e. The van der Waals surface area contributed by atoms with Crippen LogP contribution >= 0.6 is 23.2 Å². The van der Waals surface area contributed by atoms with Crippen LogP contribution < -0.4 is 0 Å². The molecule has 0 N–H and O–H groups in total. The molecule has 0 radical (unpaired) electrons. The predicted molar refractivity (Wildman–Crippen MR) is 80.5 cm³/mol. The molecule has 0 aliphatic heterocycles.